The third-order valence-corrected chi connectivity index (χ3v) is 4.25. The summed E-state index contributed by atoms with van der Waals surface area (Å²) in [7, 11) is 1.99. The van der Waals surface area contributed by atoms with E-state index in [9.17, 15) is 4.39 Å². The van der Waals surface area contributed by atoms with Crippen LogP contribution in [0, 0.1) is 17.1 Å². The summed E-state index contributed by atoms with van der Waals surface area (Å²) in [5, 5.41) is 8.84. The minimum Gasteiger partial charge on any atom is -0.369 e. The topological polar surface area (TPSA) is 56.1 Å². The number of likely N-dealkylation sites (N-methyl/N-ethyl adjacent to an activating group) is 1. The largest absolute Gasteiger partial charge is 0.369 e. The number of piperidine rings is 1. The zero-order chi connectivity index (χ0) is 16.2. The van der Waals surface area contributed by atoms with Gasteiger partial charge in [-0.05, 0) is 37.1 Å². The fourth-order valence-electron chi connectivity index (χ4n) is 2.93. The second kappa shape index (κ2) is 6.61. The molecule has 1 saturated heterocycles. The highest BCUT2D eigenvalue weighted by atomic mass is 19.1. The Morgan fingerprint density at radius 3 is 2.83 bits per heavy atom. The van der Waals surface area contributed by atoms with E-state index in [-0.39, 0.29) is 11.6 Å². The number of nitriles is 1. The summed E-state index contributed by atoms with van der Waals surface area (Å²) in [6.45, 7) is 1.66. The van der Waals surface area contributed by atoms with E-state index in [0.717, 1.165) is 31.6 Å². The first-order valence-corrected chi connectivity index (χ1v) is 7.63. The van der Waals surface area contributed by atoms with Crippen LogP contribution in [0.1, 0.15) is 18.4 Å². The van der Waals surface area contributed by atoms with Crippen molar-refractivity contribution in [2.24, 2.45) is 0 Å². The lowest BCUT2D eigenvalue weighted by Gasteiger charge is -2.38. The van der Waals surface area contributed by atoms with Gasteiger partial charge in [-0.2, -0.15) is 5.26 Å². The summed E-state index contributed by atoms with van der Waals surface area (Å²) in [6, 6.07) is 8.71. The van der Waals surface area contributed by atoms with Gasteiger partial charge in [0.1, 0.15) is 11.9 Å². The van der Waals surface area contributed by atoms with E-state index in [1.54, 1.807) is 18.5 Å². The Balaban J connectivity index is 1.76. The molecule has 0 aliphatic carbocycles. The van der Waals surface area contributed by atoms with Crippen molar-refractivity contribution in [3.05, 3.63) is 48.0 Å². The Hall–Kier alpha value is -2.68. The summed E-state index contributed by atoms with van der Waals surface area (Å²) in [6.07, 6.45) is 5.53. The van der Waals surface area contributed by atoms with E-state index in [1.807, 2.05) is 19.2 Å². The molecule has 0 radical (unpaired) electrons. The minimum absolute atomic E-state index is 0.0807. The average molecular weight is 311 g/mol. The van der Waals surface area contributed by atoms with Crippen LogP contribution in [-0.4, -0.2) is 36.1 Å². The van der Waals surface area contributed by atoms with Gasteiger partial charge in [0.2, 0.25) is 5.95 Å². The van der Waals surface area contributed by atoms with Gasteiger partial charge in [-0.3, -0.25) is 0 Å². The lowest BCUT2D eigenvalue weighted by molar-refractivity contribution is 0.482. The highest BCUT2D eigenvalue weighted by Gasteiger charge is 2.25. The number of aromatic nitrogens is 2. The molecule has 3 rings (SSSR count). The van der Waals surface area contributed by atoms with Gasteiger partial charge < -0.3 is 9.80 Å². The van der Waals surface area contributed by atoms with Crippen LogP contribution in [0.5, 0.6) is 0 Å². The van der Waals surface area contributed by atoms with Gasteiger partial charge in [-0.1, -0.05) is 0 Å². The number of nitrogens with zero attached hydrogens (tertiary/aromatic N) is 5. The zero-order valence-corrected chi connectivity index (χ0v) is 13.0. The fourth-order valence-corrected chi connectivity index (χ4v) is 2.93. The lowest BCUT2D eigenvalue weighted by Crippen LogP contribution is -2.47. The number of hydrogen-bond acceptors (Lipinski definition) is 5. The van der Waals surface area contributed by atoms with Gasteiger partial charge in [0, 0.05) is 44.3 Å². The molecule has 1 unspecified atom stereocenters. The van der Waals surface area contributed by atoms with Crippen LogP contribution in [0.4, 0.5) is 16.0 Å². The molecule has 0 N–H and O–H groups in total. The predicted octanol–water partition coefficient (Wildman–Crippen LogP) is 2.59. The second-order valence-corrected chi connectivity index (χ2v) is 5.68. The molecule has 118 valence electrons. The van der Waals surface area contributed by atoms with Gasteiger partial charge >= 0.3 is 0 Å². The van der Waals surface area contributed by atoms with E-state index in [4.69, 9.17) is 5.26 Å². The van der Waals surface area contributed by atoms with E-state index in [0.29, 0.717) is 5.95 Å². The normalized spacial score (nSPS) is 17.6. The van der Waals surface area contributed by atoms with Crippen LogP contribution < -0.4 is 9.80 Å². The monoisotopic (exact) mass is 311 g/mol. The van der Waals surface area contributed by atoms with Crippen LogP contribution in [0.25, 0.3) is 0 Å². The smallest absolute Gasteiger partial charge is 0.225 e. The lowest BCUT2D eigenvalue weighted by atomic mass is 10.0. The Morgan fingerprint density at radius 2 is 2.13 bits per heavy atom. The third-order valence-electron chi connectivity index (χ3n) is 4.25. The third kappa shape index (κ3) is 3.24. The van der Waals surface area contributed by atoms with E-state index in [2.05, 4.69) is 19.8 Å². The molecule has 23 heavy (non-hydrogen) atoms. The average Bonchev–Trinajstić information content (AvgIpc) is 2.62. The van der Waals surface area contributed by atoms with Crippen molar-refractivity contribution >= 4 is 11.6 Å². The summed E-state index contributed by atoms with van der Waals surface area (Å²) in [4.78, 5) is 12.8. The van der Waals surface area contributed by atoms with Crippen LogP contribution >= 0.6 is 0 Å². The molecule has 2 aromatic rings. The molecular weight excluding hydrogens is 293 g/mol. The van der Waals surface area contributed by atoms with Crippen molar-refractivity contribution in [3.63, 3.8) is 0 Å². The maximum absolute atomic E-state index is 13.8. The van der Waals surface area contributed by atoms with E-state index >= 15 is 0 Å². The Labute approximate surface area is 135 Å². The standard InChI is InChI=1S/C17H18FN5/c1-22(17-20-7-3-8-21-17)15-4-2-9-23(12-15)14-6-5-13(11-19)16(18)10-14/h3,5-8,10,15H,2,4,9,12H2,1H3. The van der Waals surface area contributed by atoms with Crippen molar-refractivity contribution in [2.75, 3.05) is 29.9 Å². The quantitative estimate of drug-likeness (QED) is 0.872. The van der Waals surface area contributed by atoms with E-state index in [1.165, 1.54) is 12.1 Å². The molecule has 0 amide bonds. The minimum atomic E-state index is -0.466. The van der Waals surface area contributed by atoms with Gasteiger partial charge in [0.25, 0.3) is 0 Å². The van der Waals surface area contributed by atoms with Crippen molar-refractivity contribution in [1.82, 2.24) is 9.97 Å². The molecule has 1 aliphatic heterocycles. The highest BCUT2D eigenvalue weighted by Crippen LogP contribution is 2.25. The van der Waals surface area contributed by atoms with E-state index < -0.39 is 5.82 Å². The zero-order valence-electron chi connectivity index (χ0n) is 13.0. The highest BCUT2D eigenvalue weighted by molar-refractivity contribution is 5.51. The molecule has 1 aliphatic rings. The Kier molecular flexibility index (Phi) is 4.38. The SMILES string of the molecule is CN(c1ncccn1)C1CCCN(c2ccc(C#N)c(F)c2)C1. The first kappa shape index (κ1) is 15.2. The number of halogens is 1. The molecule has 0 bridgehead atoms. The molecular formula is C17H18FN5. The number of anilines is 2. The number of hydrogen-bond donors (Lipinski definition) is 0. The summed E-state index contributed by atoms with van der Waals surface area (Å²) >= 11 is 0. The molecule has 5 nitrogen and oxygen atoms in total. The van der Waals surface area contributed by atoms with Crippen molar-refractivity contribution in [2.45, 2.75) is 18.9 Å². The molecule has 1 aromatic carbocycles. The second-order valence-electron chi connectivity index (χ2n) is 5.68. The van der Waals surface area contributed by atoms with Crippen LogP contribution in [-0.2, 0) is 0 Å². The maximum Gasteiger partial charge on any atom is 0.225 e. The van der Waals surface area contributed by atoms with Gasteiger partial charge in [0.15, 0.2) is 0 Å². The predicted molar refractivity (Wildman–Crippen MR) is 86.8 cm³/mol. The molecule has 0 saturated carbocycles. The Morgan fingerprint density at radius 1 is 1.35 bits per heavy atom. The fraction of sp³-hybridized carbons (Fsp3) is 0.353. The van der Waals surface area contributed by atoms with Crippen LogP contribution in [0.2, 0.25) is 0 Å². The molecule has 1 fully saturated rings. The van der Waals surface area contributed by atoms with Crippen molar-refractivity contribution < 1.29 is 4.39 Å². The van der Waals surface area contributed by atoms with Crippen LogP contribution in [0.15, 0.2) is 36.7 Å². The van der Waals surface area contributed by atoms with Gasteiger partial charge in [-0.25, -0.2) is 14.4 Å². The molecule has 6 heteroatoms. The summed E-state index contributed by atoms with van der Waals surface area (Å²) in [5.41, 5.74) is 0.894. The van der Waals surface area contributed by atoms with Gasteiger partial charge in [-0.15, -0.1) is 0 Å². The number of rotatable bonds is 3. The molecule has 2 heterocycles. The first-order valence-electron chi connectivity index (χ1n) is 7.63. The number of benzene rings is 1. The first-order chi connectivity index (χ1) is 11.2. The molecule has 0 spiro atoms. The molecule has 1 atom stereocenters. The van der Waals surface area contributed by atoms with Crippen molar-refractivity contribution in [1.29, 1.82) is 5.26 Å². The summed E-state index contributed by atoms with van der Waals surface area (Å²) in [5.74, 6) is 0.234. The van der Waals surface area contributed by atoms with Crippen molar-refractivity contribution in [3.8, 4) is 6.07 Å². The van der Waals surface area contributed by atoms with Gasteiger partial charge in [0.05, 0.1) is 5.56 Å². The molecule has 1 aromatic heterocycles. The summed E-state index contributed by atoms with van der Waals surface area (Å²) < 4.78 is 13.8. The maximum atomic E-state index is 13.8. The Bertz CT molecular complexity index is 713. The van der Waals surface area contributed by atoms with Crippen LogP contribution in [0.3, 0.4) is 0 Å².